The first kappa shape index (κ1) is 24.5. The molecular weight excluding hydrogens is 472 g/mol. The van der Waals surface area contributed by atoms with Gasteiger partial charge >= 0.3 is 6.03 Å². The molecule has 0 aliphatic carbocycles. The van der Waals surface area contributed by atoms with Gasteiger partial charge in [0.05, 0.1) is 12.1 Å². The highest BCUT2D eigenvalue weighted by Crippen LogP contribution is 2.31. The molecule has 1 saturated heterocycles. The summed E-state index contributed by atoms with van der Waals surface area (Å²) in [4.78, 5) is 52.8. The van der Waals surface area contributed by atoms with Gasteiger partial charge in [-0.1, -0.05) is 23.7 Å². The van der Waals surface area contributed by atoms with Gasteiger partial charge in [-0.3, -0.25) is 24.6 Å². The first-order chi connectivity index (χ1) is 16.7. The van der Waals surface area contributed by atoms with E-state index in [-0.39, 0.29) is 36.9 Å². The maximum atomic E-state index is 13.0. The second-order valence-electron chi connectivity index (χ2n) is 8.83. The number of piperidine rings is 1. The average molecular weight is 499 g/mol. The Hall–Kier alpha value is -3.59. The predicted octanol–water partition coefficient (Wildman–Crippen LogP) is 3.23. The molecule has 5 amide bonds. The number of nitrogens with zero attached hydrogens (tertiary/aromatic N) is 2. The molecule has 4 rings (SSSR count). The number of ether oxygens (including phenoxy) is 1. The number of anilines is 1. The lowest BCUT2D eigenvalue weighted by molar-refractivity contribution is -0.136. The molecule has 0 saturated carbocycles. The molecular formula is C25H27ClN4O5. The maximum Gasteiger partial charge on any atom is 0.322 e. The van der Waals surface area contributed by atoms with Crippen LogP contribution >= 0.6 is 11.6 Å². The monoisotopic (exact) mass is 498 g/mol. The molecule has 0 spiro atoms. The van der Waals surface area contributed by atoms with Gasteiger partial charge < -0.3 is 15.0 Å². The van der Waals surface area contributed by atoms with Crippen molar-refractivity contribution in [3.8, 4) is 5.75 Å². The number of rotatable bonds is 6. The van der Waals surface area contributed by atoms with E-state index in [4.69, 9.17) is 16.3 Å². The van der Waals surface area contributed by atoms with Gasteiger partial charge in [0, 0.05) is 36.8 Å². The van der Waals surface area contributed by atoms with Crippen LogP contribution in [-0.4, -0.2) is 47.8 Å². The summed E-state index contributed by atoms with van der Waals surface area (Å²) in [5.74, 6) is -0.490. The Kier molecular flexibility index (Phi) is 6.98. The minimum absolute atomic E-state index is 0.136. The summed E-state index contributed by atoms with van der Waals surface area (Å²) in [5.41, 5.74) is 2.70. The van der Waals surface area contributed by atoms with Crippen LogP contribution in [0.3, 0.4) is 0 Å². The fraction of sp³-hybridized carbons (Fsp3) is 0.360. The van der Waals surface area contributed by atoms with Gasteiger partial charge in [0.15, 0.2) is 0 Å². The van der Waals surface area contributed by atoms with Crippen molar-refractivity contribution in [1.29, 1.82) is 0 Å². The number of carbonyl (C=O) groups excluding carboxylic acids is 4. The van der Waals surface area contributed by atoms with Gasteiger partial charge in [-0.2, -0.15) is 0 Å². The van der Waals surface area contributed by atoms with Crippen molar-refractivity contribution in [2.75, 3.05) is 12.0 Å². The van der Waals surface area contributed by atoms with Crippen LogP contribution in [0, 0.1) is 0 Å². The minimum Gasteiger partial charge on any atom is -0.495 e. The van der Waals surface area contributed by atoms with Gasteiger partial charge in [0.25, 0.3) is 5.91 Å². The maximum absolute atomic E-state index is 13.0. The van der Waals surface area contributed by atoms with Crippen molar-refractivity contribution in [2.24, 2.45) is 0 Å². The van der Waals surface area contributed by atoms with Crippen molar-refractivity contribution in [3.05, 3.63) is 58.1 Å². The first-order valence-corrected chi connectivity index (χ1v) is 11.7. The van der Waals surface area contributed by atoms with E-state index in [9.17, 15) is 19.2 Å². The molecule has 184 valence electrons. The quantitative estimate of drug-likeness (QED) is 0.594. The van der Waals surface area contributed by atoms with Gasteiger partial charge in [0.1, 0.15) is 11.8 Å². The number of imide groups is 1. The topological polar surface area (TPSA) is 108 Å². The largest absolute Gasteiger partial charge is 0.495 e. The third-order valence-corrected chi connectivity index (χ3v) is 6.48. The van der Waals surface area contributed by atoms with Crippen LogP contribution < -0.4 is 20.3 Å². The number of urea groups is 1. The van der Waals surface area contributed by atoms with Crippen LogP contribution in [0.1, 0.15) is 48.2 Å². The lowest BCUT2D eigenvalue weighted by atomic mass is 10.0. The fourth-order valence-electron chi connectivity index (χ4n) is 4.43. The van der Waals surface area contributed by atoms with Crippen LogP contribution in [0.4, 0.5) is 10.5 Å². The molecule has 0 radical (unpaired) electrons. The molecule has 0 aromatic heterocycles. The highest BCUT2D eigenvalue weighted by atomic mass is 35.5. The van der Waals surface area contributed by atoms with E-state index in [1.54, 1.807) is 29.2 Å². The van der Waals surface area contributed by atoms with Gasteiger partial charge in [-0.05, 0) is 55.7 Å². The van der Waals surface area contributed by atoms with Gasteiger partial charge in [0.2, 0.25) is 11.8 Å². The summed E-state index contributed by atoms with van der Waals surface area (Å²) in [7, 11) is 1.53. The minimum atomic E-state index is -0.660. The zero-order valence-corrected chi connectivity index (χ0v) is 20.5. The Bertz CT molecular complexity index is 1200. The highest BCUT2D eigenvalue weighted by Gasteiger charge is 2.39. The molecule has 10 heteroatoms. The summed E-state index contributed by atoms with van der Waals surface area (Å²) in [6, 6.07) is 9.48. The van der Waals surface area contributed by atoms with Crippen LogP contribution in [0.25, 0.3) is 0 Å². The number of hydrogen-bond donors (Lipinski definition) is 2. The van der Waals surface area contributed by atoms with Gasteiger partial charge in [-0.15, -0.1) is 0 Å². The van der Waals surface area contributed by atoms with Crippen molar-refractivity contribution >= 4 is 41.0 Å². The zero-order chi connectivity index (χ0) is 25.3. The van der Waals surface area contributed by atoms with E-state index < -0.39 is 11.9 Å². The molecule has 0 bridgehead atoms. The standard InChI is InChI=1S/C25H27ClN4O5/c1-14(2)30(17-6-8-21(35-3)19(26)11-17)25(34)27-12-15-4-5-16-13-29(24(33)18(16)10-15)20-7-9-22(31)28-23(20)32/h4-6,8,10-11,14,20H,7,9,12-13H2,1-3H3,(H,27,34)(H,28,31,32). The number of benzene rings is 2. The van der Waals surface area contributed by atoms with Crippen LogP contribution in [0.15, 0.2) is 36.4 Å². The second kappa shape index (κ2) is 9.95. The summed E-state index contributed by atoms with van der Waals surface area (Å²) >= 11 is 6.25. The Balaban J connectivity index is 1.45. The van der Waals surface area contributed by atoms with E-state index in [0.29, 0.717) is 35.0 Å². The third kappa shape index (κ3) is 4.95. The van der Waals surface area contributed by atoms with E-state index in [2.05, 4.69) is 10.6 Å². The van der Waals surface area contributed by atoms with Crippen LogP contribution in [0.2, 0.25) is 5.02 Å². The lowest BCUT2D eigenvalue weighted by Crippen LogP contribution is -2.52. The molecule has 9 nitrogen and oxygen atoms in total. The Morgan fingerprint density at radius 1 is 1.23 bits per heavy atom. The number of nitrogens with one attached hydrogen (secondary N) is 2. The van der Waals surface area contributed by atoms with E-state index in [1.807, 2.05) is 26.0 Å². The molecule has 35 heavy (non-hydrogen) atoms. The molecule has 2 aromatic carbocycles. The number of fused-ring (bicyclic) bond motifs is 1. The number of carbonyl (C=O) groups is 4. The summed E-state index contributed by atoms with van der Waals surface area (Å²) < 4.78 is 5.19. The highest BCUT2D eigenvalue weighted by molar-refractivity contribution is 6.32. The van der Waals surface area contributed by atoms with Crippen molar-refractivity contribution < 1.29 is 23.9 Å². The second-order valence-corrected chi connectivity index (χ2v) is 9.24. The number of amides is 5. The molecule has 1 fully saturated rings. The van der Waals surface area contributed by atoms with Crippen molar-refractivity contribution in [3.63, 3.8) is 0 Å². The van der Waals surface area contributed by atoms with E-state index in [0.717, 1.165) is 11.1 Å². The Morgan fingerprint density at radius 2 is 2.00 bits per heavy atom. The van der Waals surface area contributed by atoms with Crippen LogP contribution in [-0.2, 0) is 22.7 Å². The SMILES string of the molecule is COc1ccc(N(C(=O)NCc2ccc3c(c2)C(=O)N(C2CCC(=O)NC2=O)C3)C(C)C)cc1Cl. The van der Waals surface area contributed by atoms with Crippen LogP contribution in [0.5, 0.6) is 5.75 Å². The number of halogens is 1. The molecule has 2 aromatic rings. The molecule has 2 N–H and O–H groups in total. The summed E-state index contributed by atoms with van der Waals surface area (Å²) in [5, 5.41) is 5.61. The molecule has 1 atom stereocenters. The summed E-state index contributed by atoms with van der Waals surface area (Å²) in [6.45, 7) is 4.32. The van der Waals surface area contributed by atoms with E-state index >= 15 is 0 Å². The summed E-state index contributed by atoms with van der Waals surface area (Å²) in [6.07, 6.45) is 0.521. The average Bonchev–Trinajstić information content (AvgIpc) is 3.13. The lowest BCUT2D eigenvalue weighted by Gasteiger charge is -2.29. The molecule has 2 heterocycles. The molecule has 2 aliphatic heterocycles. The van der Waals surface area contributed by atoms with E-state index in [1.165, 1.54) is 12.0 Å². The zero-order valence-electron chi connectivity index (χ0n) is 19.8. The smallest absolute Gasteiger partial charge is 0.322 e. The molecule has 2 aliphatic rings. The third-order valence-electron chi connectivity index (χ3n) is 6.19. The fourth-order valence-corrected chi connectivity index (χ4v) is 4.68. The predicted molar refractivity (Wildman–Crippen MR) is 130 cm³/mol. The number of hydrogen-bond acceptors (Lipinski definition) is 5. The van der Waals surface area contributed by atoms with Gasteiger partial charge in [-0.25, -0.2) is 4.79 Å². The van der Waals surface area contributed by atoms with Crippen molar-refractivity contribution in [1.82, 2.24) is 15.5 Å². The molecule has 1 unspecified atom stereocenters. The normalized spacial score (nSPS) is 17.3. The number of methoxy groups -OCH3 is 1. The van der Waals surface area contributed by atoms with Crippen molar-refractivity contribution in [2.45, 2.75) is 51.9 Å². The Labute approximate surface area is 208 Å². The Morgan fingerprint density at radius 3 is 2.66 bits per heavy atom. The first-order valence-electron chi connectivity index (χ1n) is 11.4.